The zero-order valence-corrected chi connectivity index (χ0v) is 12.7. The number of anilines is 2. The Balaban J connectivity index is 2.20. The Kier molecular flexibility index (Phi) is 4.88. The van der Waals surface area contributed by atoms with Gasteiger partial charge in [0.25, 0.3) is 0 Å². The van der Waals surface area contributed by atoms with E-state index >= 15 is 0 Å². The second kappa shape index (κ2) is 6.45. The standard InChI is InChI=1S/C14H23N3O2S/c1-2-16-20(18,19)12-8-9-13(15)14(10-12)17-11-6-4-3-5-7-11/h8-11,16-17H,2-7,15H2,1H3. The Hall–Kier alpha value is -1.27. The van der Waals surface area contributed by atoms with Gasteiger partial charge in [0.15, 0.2) is 0 Å². The van der Waals surface area contributed by atoms with E-state index in [9.17, 15) is 8.42 Å². The molecule has 4 N–H and O–H groups in total. The second-order valence-electron chi connectivity index (χ2n) is 5.23. The van der Waals surface area contributed by atoms with E-state index in [1.807, 2.05) is 0 Å². The van der Waals surface area contributed by atoms with Gasteiger partial charge in [0.2, 0.25) is 10.0 Å². The molecule has 6 heteroatoms. The average Bonchev–Trinajstić information content (AvgIpc) is 2.42. The Morgan fingerprint density at radius 3 is 2.60 bits per heavy atom. The van der Waals surface area contributed by atoms with Gasteiger partial charge in [0.1, 0.15) is 0 Å². The highest BCUT2D eigenvalue weighted by Crippen LogP contribution is 2.27. The summed E-state index contributed by atoms with van der Waals surface area (Å²) >= 11 is 0. The van der Waals surface area contributed by atoms with Crippen LogP contribution in [0, 0.1) is 0 Å². The number of nitrogens with one attached hydrogen (secondary N) is 2. The molecule has 1 saturated carbocycles. The average molecular weight is 297 g/mol. The summed E-state index contributed by atoms with van der Waals surface area (Å²) in [5.41, 5.74) is 7.25. The molecule has 0 saturated heterocycles. The van der Waals surface area contributed by atoms with E-state index in [-0.39, 0.29) is 4.90 Å². The van der Waals surface area contributed by atoms with E-state index < -0.39 is 10.0 Å². The fourth-order valence-corrected chi connectivity index (χ4v) is 3.63. The summed E-state index contributed by atoms with van der Waals surface area (Å²) in [6.45, 7) is 2.13. The van der Waals surface area contributed by atoms with Crippen LogP contribution in [0.3, 0.4) is 0 Å². The maximum absolute atomic E-state index is 12.0. The number of sulfonamides is 1. The summed E-state index contributed by atoms with van der Waals surface area (Å²) in [5, 5.41) is 3.39. The third kappa shape index (κ3) is 3.64. The molecule has 0 unspecified atom stereocenters. The van der Waals surface area contributed by atoms with E-state index in [1.54, 1.807) is 25.1 Å². The molecule has 0 bridgehead atoms. The van der Waals surface area contributed by atoms with E-state index in [4.69, 9.17) is 5.73 Å². The molecule has 0 atom stereocenters. The smallest absolute Gasteiger partial charge is 0.240 e. The fourth-order valence-electron chi connectivity index (χ4n) is 2.57. The number of rotatable bonds is 5. The van der Waals surface area contributed by atoms with Crippen molar-refractivity contribution in [2.45, 2.75) is 50.0 Å². The predicted molar refractivity (Wildman–Crippen MR) is 82.2 cm³/mol. The SMILES string of the molecule is CCNS(=O)(=O)c1ccc(N)c(NC2CCCCC2)c1. The van der Waals surface area contributed by atoms with E-state index in [0.29, 0.717) is 18.3 Å². The van der Waals surface area contributed by atoms with Crippen LogP contribution in [0.1, 0.15) is 39.0 Å². The van der Waals surface area contributed by atoms with Crippen LogP contribution in [-0.2, 0) is 10.0 Å². The van der Waals surface area contributed by atoms with Crippen LogP contribution in [0.5, 0.6) is 0 Å². The first-order chi connectivity index (χ1) is 9.53. The van der Waals surface area contributed by atoms with Crippen LogP contribution < -0.4 is 15.8 Å². The molecule has 112 valence electrons. The van der Waals surface area contributed by atoms with Gasteiger partial charge in [-0.25, -0.2) is 13.1 Å². The molecule has 1 fully saturated rings. The summed E-state index contributed by atoms with van der Waals surface area (Å²) in [7, 11) is -3.44. The van der Waals surface area contributed by atoms with Crippen LogP contribution in [0.2, 0.25) is 0 Å². The molecule has 1 aliphatic carbocycles. The van der Waals surface area contributed by atoms with E-state index in [0.717, 1.165) is 18.5 Å². The largest absolute Gasteiger partial charge is 0.397 e. The highest BCUT2D eigenvalue weighted by Gasteiger charge is 2.17. The lowest BCUT2D eigenvalue weighted by Gasteiger charge is -2.24. The van der Waals surface area contributed by atoms with Crippen LogP contribution in [0.25, 0.3) is 0 Å². The maximum atomic E-state index is 12.0. The van der Waals surface area contributed by atoms with Crippen LogP contribution >= 0.6 is 0 Å². The Bertz CT molecular complexity index is 552. The van der Waals surface area contributed by atoms with Gasteiger partial charge < -0.3 is 11.1 Å². The van der Waals surface area contributed by atoms with Gasteiger partial charge in [-0.3, -0.25) is 0 Å². The number of nitrogen functional groups attached to an aromatic ring is 1. The van der Waals surface area contributed by atoms with Crippen molar-refractivity contribution in [2.75, 3.05) is 17.6 Å². The van der Waals surface area contributed by atoms with Crippen LogP contribution in [-0.4, -0.2) is 21.0 Å². The summed E-state index contributed by atoms with van der Waals surface area (Å²) in [4.78, 5) is 0.256. The monoisotopic (exact) mass is 297 g/mol. The quantitative estimate of drug-likeness (QED) is 0.728. The van der Waals surface area contributed by atoms with Crippen LogP contribution in [0.15, 0.2) is 23.1 Å². The molecule has 20 heavy (non-hydrogen) atoms. The van der Waals surface area contributed by atoms with Gasteiger partial charge in [-0.1, -0.05) is 26.2 Å². The van der Waals surface area contributed by atoms with Crippen molar-refractivity contribution in [3.8, 4) is 0 Å². The number of benzene rings is 1. The van der Waals surface area contributed by atoms with Crippen molar-refractivity contribution in [3.63, 3.8) is 0 Å². The zero-order chi connectivity index (χ0) is 14.6. The van der Waals surface area contributed by atoms with Gasteiger partial charge in [0.05, 0.1) is 16.3 Å². The summed E-state index contributed by atoms with van der Waals surface area (Å²) in [6, 6.07) is 5.21. The molecular formula is C14H23N3O2S. The van der Waals surface area contributed by atoms with E-state index in [2.05, 4.69) is 10.0 Å². The lowest BCUT2D eigenvalue weighted by atomic mass is 9.95. The second-order valence-corrected chi connectivity index (χ2v) is 7.00. The highest BCUT2D eigenvalue weighted by molar-refractivity contribution is 7.89. The Morgan fingerprint density at radius 2 is 1.95 bits per heavy atom. The number of nitrogens with two attached hydrogens (primary N) is 1. The molecule has 0 spiro atoms. The molecule has 0 heterocycles. The molecule has 0 amide bonds. The first kappa shape index (κ1) is 15.1. The van der Waals surface area contributed by atoms with Crippen molar-refractivity contribution < 1.29 is 8.42 Å². The van der Waals surface area contributed by atoms with Crippen molar-refractivity contribution in [3.05, 3.63) is 18.2 Å². The summed E-state index contributed by atoms with van der Waals surface area (Å²) in [6.07, 6.45) is 5.94. The minimum absolute atomic E-state index is 0.256. The van der Waals surface area contributed by atoms with Gasteiger partial charge in [-0.15, -0.1) is 0 Å². The minimum Gasteiger partial charge on any atom is -0.397 e. The molecule has 5 nitrogen and oxygen atoms in total. The lowest BCUT2D eigenvalue weighted by Crippen LogP contribution is -2.25. The van der Waals surface area contributed by atoms with Gasteiger partial charge in [-0.05, 0) is 31.0 Å². The normalized spacial score (nSPS) is 17.1. The van der Waals surface area contributed by atoms with Crippen LogP contribution in [0.4, 0.5) is 11.4 Å². The number of hydrogen-bond donors (Lipinski definition) is 3. The summed E-state index contributed by atoms with van der Waals surface area (Å²) < 4.78 is 26.5. The summed E-state index contributed by atoms with van der Waals surface area (Å²) in [5.74, 6) is 0. The molecule has 1 aromatic carbocycles. The van der Waals surface area contributed by atoms with Crippen molar-refractivity contribution in [1.82, 2.24) is 4.72 Å². The molecule has 1 aliphatic rings. The van der Waals surface area contributed by atoms with Crippen molar-refractivity contribution in [2.24, 2.45) is 0 Å². The lowest BCUT2D eigenvalue weighted by molar-refractivity contribution is 0.463. The molecule has 1 aromatic rings. The van der Waals surface area contributed by atoms with Gasteiger partial charge >= 0.3 is 0 Å². The van der Waals surface area contributed by atoms with E-state index in [1.165, 1.54) is 19.3 Å². The molecular weight excluding hydrogens is 274 g/mol. The van der Waals surface area contributed by atoms with Gasteiger partial charge in [-0.2, -0.15) is 0 Å². The fraction of sp³-hybridized carbons (Fsp3) is 0.571. The predicted octanol–water partition coefficient (Wildman–Crippen LogP) is 2.31. The highest BCUT2D eigenvalue weighted by atomic mass is 32.2. The molecule has 0 aliphatic heterocycles. The molecule has 2 rings (SSSR count). The Labute approximate surface area is 121 Å². The minimum atomic E-state index is -3.44. The third-order valence-electron chi connectivity index (χ3n) is 3.63. The molecule has 0 aromatic heterocycles. The van der Waals surface area contributed by atoms with Gasteiger partial charge in [0, 0.05) is 12.6 Å². The van der Waals surface area contributed by atoms with Crippen molar-refractivity contribution >= 4 is 21.4 Å². The Morgan fingerprint density at radius 1 is 1.25 bits per heavy atom. The first-order valence-corrected chi connectivity index (χ1v) is 8.67. The first-order valence-electron chi connectivity index (χ1n) is 7.18. The number of hydrogen-bond acceptors (Lipinski definition) is 4. The topological polar surface area (TPSA) is 84.2 Å². The van der Waals surface area contributed by atoms with Crippen molar-refractivity contribution in [1.29, 1.82) is 0 Å². The molecule has 0 radical (unpaired) electrons. The third-order valence-corrected chi connectivity index (χ3v) is 5.18. The zero-order valence-electron chi connectivity index (χ0n) is 11.9. The maximum Gasteiger partial charge on any atom is 0.240 e.